The second-order valence-corrected chi connectivity index (χ2v) is 6.24. The van der Waals surface area contributed by atoms with Crippen LogP contribution < -0.4 is 4.74 Å². The molecule has 0 bridgehead atoms. The molecule has 1 aromatic carbocycles. The highest BCUT2D eigenvalue weighted by Crippen LogP contribution is 2.29. The van der Waals surface area contributed by atoms with E-state index in [0.717, 1.165) is 27.7 Å². The minimum atomic E-state index is -0.0997. The number of ether oxygens (including phenoxy) is 1. The van der Waals surface area contributed by atoms with E-state index in [-0.39, 0.29) is 5.78 Å². The third-order valence-electron chi connectivity index (χ3n) is 3.53. The summed E-state index contributed by atoms with van der Waals surface area (Å²) in [4.78, 5) is 17.5. The van der Waals surface area contributed by atoms with Crippen LogP contribution in [-0.4, -0.2) is 22.3 Å². The van der Waals surface area contributed by atoms with E-state index in [1.165, 1.54) is 12.2 Å². The SMILES string of the molecule is COc1ccc(-c2nc3sccn3c2/C=C/C(=O)/C=C/C=C\S)cc1. The molecular formula is C19H16N2O2S2. The number of hydrogen-bond acceptors (Lipinski definition) is 5. The summed E-state index contributed by atoms with van der Waals surface area (Å²) in [5.41, 5.74) is 2.67. The van der Waals surface area contributed by atoms with E-state index in [1.54, 1.807) is 42.1 Å². The molecule has 0 aliphatic heterocycles. The molecule has 2 aromatic heterocycles. The van der Waals surface area contributed by atoms with Gasteiger partial charge in [0.25, 0.3) is 0 Å². The van der Waals surface area contributed by atoms with Gasteiger partial charge in [-0.1, -0.05) is 12.2 Å². The Morgan fingerprint density at radius 2 is 2.04 bits per heavy atom. The number of thiazole rings is 1. The molecule has 0 radical (unpaired) electrons. The first-order valence-electron chi connectivity index (χ1n) is 7.52. The molecule has 0 aliphatic carbocycles. The van der Waals surface area contributed by atoms with Crippen LogP contribution in [0.2, 0.25) is 0 Å². The van der Waals surface area contributed by atoms with Gasteiger partial charge in [0.15, 0.2) is 10.7 Å². The zero-order valence-corrected chi connectivity index (χ0v) is 15.2. The molecule has 25 heavy (non-hydrogen) atoms. The fourth-order valence-electron chi connectivity index (χ4n) is 2.34. The number of fused-ring (bicyclic) bond motifs is 1. The van der Waals surface area contributed by atoms with Crippen molar-refractivity contribution in [3.8, 4) is 17.0 Å². The quantitative estimate of drug-likeness (QED) is 0.391. The number of rotatable bonds is 6. The maximum Gasteiger partial charge on any atom is 0.194 e. The van der Waals surface area contributed by atoms with Gasteiger partial charge in [0.2, 0.25) is 0 Å². The Hall–Kier alpha value is -2.57. The number of thiol groups is 1. The first-order valence-corrected chi connectivity index (χ1v) is 8.92. The fourth-order valence-corrected chi connectivity index (χ4v) is 3.16. The van der Waals surface area contributed by atoms with E-state index in [4.69, 9.17) is 9.72 Å². The number of carbonyl (C=O) groups excluding carboxylic acids is 1. The molecule has 3 rings (SSSR count). The molecule has 4 nitrogen and oxygen atoms in total. The lowest BCUT2D eigenvalue weighted by atomic mass is 10.1. The van der Waals surface area contributed by atoms with Crippen molar-refractivity contribution in [2.75, 3.05) is 7.11 Å². The molecule has 126 valence electrons. The monoisotopic (exact) mass is 368 g/mol. The van der Waals surface area contributed by atoms with Gasteiger partial charge in [-0.05, 0) is 47.9 Å². The number of hydrogen-bond donors (Lipinski definition) is 1. The summed E-state index contributed by atoms with van der Waals surface area (Å²) in [5, 5.41) is 3.54. The van der Waals surface area contributed by atoms with Crippen LogP contribution in [0.15, 0.2) is 65.6 Å². The summed E-state index contributed by atoms with van der Waals surface area (Å²) in [7, 11) is 1.64. The number of ketones is 1. The molecule has 0 saturated heterocycles. The van der Waals surface area contributed by atoms with E-state index < -0.39 is 0 Å². The molecular weight excluding hydrogens is 352 g/mol. The summed E-state index contributed by atoms with van der Waals surface area (Å²) in [6.07, 6.45) is 10.1. The molecule has 0 fully saturated rings. The highest BCUT2D eigenvalue weighted by molar-refractivity contribution is 7.83. The third kappa shape index (κ3) is 3.92. The third-order valence-corrected chi connectivity index (χ3v) is 4.45. The molecule has 0 amide bonds. The largest absolute Gasteiger partial charge is 0.497 e. The van der Waals surface area contributed by atoms with Crippen molar-refractivity contribution in [3.63, 3.8) is 0 Å². The van der Waals surface area contributed by atoms with Gasteiger partial charge in [0.05, 0.1) is 18.5 Å². The van der Waals surface area contributed by atoms with Crippen molar-refractivity contribution < 1.29 is 9.53 Å². The standard InChI is InChI=1S/C19H16N2O2S2/c1-23-16-8-5-14(6-9-16)18-17(21-11-13-25-19(21)20-18)10-7-15(22)4-2-3-12-24/h2-13,24H,1H3/b4-2+,10-7+,12-3-. The van der Waals surface area contributed by atoms with Crippen molar-refractivity contribution in [1.82, 2.24) is 9.38 Å². The Kier molecular flexibility index (Phi) is 5.53. The smallest absolute Gasteiger partial charge is 0.194 e. The van der Waals surface area contributed by atoms with Crippen molar-refractivity contribution in [2.24, 2.45) is 0 Å². The molecule has 0 atom stereocenters. The Labute approximate surface area is 155 Å². The average Bonchev–Trinajstić information content (AvgIpc) is 3.22. The van der Waals surface area contributed by atoms with Gasteiger partial charge in [-0.2, -0.15) is 12.6 Å². The predicted octanol–water partition coefficient (Wildman–Crippen LogP) is 4.65. The van der Waals surface area contributed by atoms with Gasteiger partial charge in [0, 0.05) is 17.1 Å². The Bertz CT molecular complexity index is 963. The minimum Gasteiger partial charge on any atom is -0.497 e. The number of methoxy groups -OCH3 is 1. The Morgan fingerprint density at radius 3 is 2.76 bits per heavy atom. The van der Waals surface area contributed by atoms with Crippen LogP contribution >= 0.6 is 24.0 Å². The van der Waals surface area contributed by atoms with Crippen molar-refractivity contribution in [3.05, 3.63) is 71.2 Å². The highest BCUT2D eigenvalue weighted by Gasteiger charge is 2.13. The highest BCUT2D eigenvalue weighted by atomic mass is 32.1. The summed E-state index contributed by atoms with van der Waals surface area (Å²) in [6, 6.07) is 7.71. The summed E-state index contributed by atoms with van der Waals surface area (Å²) in [5.74, 6) is 0.691. The number of aromatic nitrogens is 2. The summed E-state index contributed by atoms with van der Waals surface area (Å²) >= 11 is 5.50. The van der Waals surface area contributed by atoms with Crippen LogP contribution in [0.25, 0.3) is 22.3 Å². The van der Waals surface area contributed by atoms with Crippen LogP contribution in [0, 0.1) is 0 Å². The number of imidazole rings is 1. The second-order valence-electron chi connectivity index (χ2n) is 5.07. The number of carbonyl (C=O) groups is 1. The minimum absolute atomic E-state index is 0.0997. The Morgan fingerprint density at radius 1 is 1.24 bits per heavy atom. The number of benzene rings is 1. The van der Waals surface area contributed by atoms with Crippen molar-refractivity contribution in [2.45, 2.75) is 0 Å². The molecule has 2 heterocycles. The van der Waals surface area contributed by atoms with E-state index in [0.29, 0.717) is 0 Å². The topological polar surface area (TPSA) is 43.6 Å². The normalized spacial score (nSPS) is 12.1. The first kappa shape index (κ1) is 17.3. The summed E-state index contributed by atoms with van der Waals surface area (Å²) < 4.78 is 7.18. The lowest BCUT2D eigenvalue weighted by Crippen LogP contribution is -1.89. The van der Waals surface area contributed by atoms with Gasteiger partial charge in [0.1, 0.15) is 5.75 Å². The van der Waals surface area contributed by atoms with Gasteiger partial charge in [-0.15, -0.1) is 11.3 Å². The van der Waals surface area contributed by atoms with Gasteiger partial charge >= 0.3 is 0 Å². The maximum atomic E-state index is 11.9. The fraction of sp³-hybridized carbons (Fsp3) is 0.0526. The van der Waals surface area contributed by atoms with Crippen LogP contribution in [0.3, 0.4) is 0 Å². The van der Waals surface area contributed by atoms with E-state index in [2.05, 4.69) is 12.6 Å². The molecule has 6 heteroatoms. The van der Waals surface area contributed by atoms with Crippen LogP contribution in [-0.2, 0) is 4.79 Å². The van der Waals surface area contributed by atoms with Crippen LogP contribution in [0.1, 0.15) is 5.69 Å². The molecule has 0 N–H and O–H groups in total. The zero-order chi connectivity index (χ0) is 17.6. The van der Waals surface area contributed by atoms with E-state index in [9.17, 15) is 4.79 Å². The second kappa shape index (κ2) is 8.00. The Balaban J connectivity index is 1.98. The first-order chi connectivity index (χ1) is 12.2. The summed E-state index contributed by atoms with van der Waals surface area (Å²) in [6.45, 7) is 0. The van der Waals surface area contributed by atoms with Gasteiger partial charge in [-0.25, -0.2) is 4.98 Å². The van der Waals surface area contributed by atoms with Gasteiger partial charge < -0.3 is 4.74 Å². The molecule has 0 saturated carbocycles. The molecule has 0 spiro atoms. The van der Waals surface area contributed by atoms with E-state index >= 15 is 0 Å². The van der Waals surface area contributed by atoms with Gasteiger partial charge in [-0.3, -0.25) is 9.20 Å². The maximum absolute atomic E-state index is 11.9. The molecule has 0 aliphatic rings. The molecule has 3 aromatic rings. The lowest BCUT2D eigenvalue weighted by Gasteiger charge is -2.02. The van der Waals surface area contributed by atoms with E-state index in [1.807, 2.05) is 40.2 Å². The van der Waals surface area contributed by atoms with Crippen molar-refractivity contribution in [1.29, 1.82) is 0 Å². The number of nitrogens with zero attached hydrogens (tertiary/aromatic N) is 2. The average molecular weight is 368 g/mol. The molecule has 0 unspecified atom stereocenters. The zero-order valence-electron chi connectivity index (χ0n) is 13.5. The number of allylic oxidation sites excluding steroid dienone is 4. The predicted molar refractivity (Wildman–Crippen MR) is 106 cm³/mol. The lowest BCUT2D eigenvalue weighted by molar-refractivity contribution is -0.110. The van der Waals surface area contributed by atoms with Crippen LogP contribution in [0.5, 0.6) is 5.75 Å². The van der Waals surface area contributed by atoms with Crippen molar-refractivity contribution >= 4 is 40.8 Å². The van der Waals surface area contributed by atoms with Crippen LogP contribution in [0.4, 0.5) is 0 Å².